The normalized spacial score (nSPS) is 28.6. The Morgan fingerprint density at radius 2 is 1.90 bits per heavy atom. The number of hydrogen-bond donors (Lipinski definition) is 2. The highest BCUT2D eigenvalue weighted by molar-refractivity contribution is 6.03. The molecule has 29 heavy (non-hydrogen) atoms. The number of benzene rings is 1. The van der Waals surface area contributed by atoms with Gasteiger partial charge in [0.2, 0.25) is 5.91 Å². The summed E-state index contributed by atoms with van der Waals surface area (Å²) >= 11 is 0. The molecule has 0 aromatic heterocycles. The molecular formula is C22H31N3O4. The predicted molar refractivity (Wildman–Crippen MR) is 110 cm³/mol. The number of aliphatic hydroxyl groups excluding tert-OH is 1. The first-order valence-corrected chi connectivity index (χ1v) is 10.8. The molecule has 0 spiro atoms. The van der Waals surface area contributed by atoms with Crippen LogP contribution in [0.4, 0.5) is 5.69 Å². The third-order valence-corrected chi connectivity index (χ3v) is 6.43. The Morgan fingerprint density at radius 1 is 1.17 bits per heavy atom. The second-order valence-electron chi connectivity index (χ2n) is 8.45. The summed E-state index contributed by atoms with van der Waals surface area (Å²) < 4.78 is 5.64. The molecule has 2 fully saturated rings. The SMILES string of the molecule is C[C@@H]1Oc2ccccc2N(CC(=O)NC2CCN([C@H]3CCCC[C@@H]3O)CC2)C1=O. The number of aliphatic hydroxyl groups is 1. The first-order chi connectivity index (χ1) is 14.0. The number of piperidine rings is 1. The number of nitrogens with zero attached hydrogens (tertiary/aromatic N) is 2. The molecule has 7 heteroatoms. The first-order valence-electron chi connectivity index (χ1n) is 10.8. The fourth-order valence-electron chi connectivity index (χ4n) is 4.83. The van der Waals surface area contributed by atoms with Gasteiger partial charge in [-0.1, -0.05) is 25.0 Å². The number of rotatable bonds is 4. The molecule has 1 aliphatic carbocycles. The Morgan fingerprint density at radius 3 is 2.66 bits per heavy atom. The summed E-state index contributed by atoms with van der Waals surface area (Å²) in [6.45, 7) is 3.50. The molecule has 1 saturated carbocycles. The average molecular weight is 402 g/mol. The van der Waals surface area contributed by atoms with Gasteiger partial charge in [0, 0.05) is 25.2 Å². The lowest BCUT2D eigenvalue weighted by Crippen LogP contribution is -2.54. The van der Waals surface area contributed by atoms with Crippen molar-refractivity contribution in [3.8, 4) is 5.75 Å². The number of carbonyl (C=O) groups is 2. The van der Waals surface area contributed by atoms with Gasteiger partial charge in [0.1, 0.15) is 12.3 Å². The van der Waals surface area contributed by atoms with Crippen molar-refractivity contribution in [2.24, 2.45) is 0 Å². The summed E-state index contributed by atoms with van der Waals surface area (Å²) in [6, 6.07) is 7.70. The van der Waals surface area contributed by atoms with E-state index < -0.39 is 6.10 Å². The molecule has 4 rings (SSSR count). The molecule has 1 aromatic rings. The number of likely N-dealkylation sites (tertiary alicyclic amines) is 1. The van der Waals surface area contributed by atoms with Crippen LogP contribution in [0.5, 0.6) is 5.75 Å². The highest BCUT2D eigenvalue weighted by atomic mass is 16.5. The van der Waals surface area contributed by atoms with Crippen LogP contribution in [-0.2, 0) is 9.59 Å². The molecule has 1 saturated heterocycles. The van der Waals surface area contributed by atoms with Gasteiger partial charge in [-0.15, -0.1) is 0 Å². The number of nitrogens with one attached hydrogen (secondary N) is 1. The van der Waals surface area contributed by atoms with Crippen molar-refractivity contribution in [3.05, 3.63) is 24.3 Å². The topological polar surface area (TPSA) is 82.1 Å². The van der Waals surface area contributed by atoms with Gasteiger partial charge in [-0.25, -0.2) is 0 Å². The van der Waals surface area contributed by atoms with Gasteiger partial charge in [-0.2, -0.15) is 0 Å². The number of amides is 2. The molecular weight excluding hydrogens is 370 g/mol. The van der Waals surface area contributed by atoms with Crippen LogP contribution in [0.1, 0.15) is 45.4 Å². The Balaban J connectivity index is 1.31. The van der Waals surface area contributed by atoms with E-state index in [-0.39, 0.29) is 36.5 Å². The van der Waals surface area contributed by atoms with Gasteiger partial charge in [0.05, 0.1) is 11.8 Å². The van der Waals surface area contributed by atoms with E-state index in [2.05, 4.69) is 10.2 Å². The highest BCUT2D eigenvalue weighted by Crippen LogP contribution is 2.33. The lowest BCUT2D eigenvalue weighted by molar-refractivity contribution is -0.128. The van der Waals surface area contributed by atoms with E-state index in [9.17, 15) is 14.7 Å². The Bertz CT molecular complexity index is 747. The summed E-state index contributed by atoms with van der Waals surface area (Å²) in [4.78, 5) is 29.1. The molecule has 0 bridgehead atoms. The van der Waals surface area contributed by atoms with E-state index in [4.69, 9.17) is 4.74 Å². The number of carbonyl (C=O) groups excluding carboxylic acids is 2. The third kappa shape index (κ3) is 4.41. The van der Waals surface area contributed by atoms with Crippen LogP contribution in [0.3, 0.4) is 0 Å². The van der Waals surface area contributed by atoms with Gasteiger partial charge in [0.15, 0.2) is 6.10 Å². The summed E-state index contributed by atoms with van der Waals surface area (Å²) in [6.07, 6.45) is 5.20. The Labute approximate surface area is 172 Å². The van der Waals surface area contributed by atoms with Crippen molar-refractivity contribution in [2.75, 3.05) is 24.5 Å². The van der Waals surface area contributed by atoms with Crippen molar-refractivity contribution < 1.29 is 19.4 Å². The van der Waals surface area contributed by atoms with Crippen LogP contribution in [0.25, 0.3) is 0 Å². The Kier molecular flexibility index (Phi) is 6.06. The maximum atomic E-state index is 12.7. The number of ether oxygens (including phenoxy) is 1. The lowest BCUT2D eigenvalue weighted by Gasteiger charge is -2.41. The molecule has 0 radical (unpaired) electrons. The summed E-state index contributed by atoms with van der Waals surface area (Å²) in [7, 11) is 0. The molecule has 3 atom stereocenters. The minimum atomic E-state index is -0.595. The van der Waals surface area contributed by atoms with Gasteiger partial charge in [-0.3, -0.25) is 19.4 Å². The van der Waals surface area contributed by atoms with Crippen molar-refractivity contribution in [1.29, 1.82) is 0 Å². The maximum absolute atomic E-state index is 12.7. The van der Waals surface area contributed by atoms with Crippen molar-refractivity contribution in [2.45, 2.75) is 69.7 Å². The van der Waals surface area contributed by atoms with E-state index in [0.29, 0.717) is 11.4 Å². The quantitative estimate of drug-likeness (QED) is 0.802. The zero-order valence-corrected chi connectivity index (χ0v) is 17.0. The zero-order valence-electron chi connectivity index (χ0n) is 17.0. The van der Waals surface area contributed by atoms with Crippen molar-refractivity contribution in [1.82, 2.24) is 10.2 Å². The zero-order chi connectivity index (χ0) is 20.4. The molecule has 7 nitrogen and oxygen atoms in total. The first kappa shape index (κ1) is 20.2. The Hall–Kier alpha value is -2.12. The molecule has 158 valence electrons. The van der Waals surface area contributed by atoms with E-state index in [1.54, 1.807) is 13.0 Å². The van der Waals surface area contributed by atoms with E-state index in [1.165, 1.54) is 11.3 Å². The number of hydrogen-bond acceptors (Lipinski definition) is 5. The molecule has 2 N–H and O–H groups in total. The monoisotopic (exact) mass is 401 g/mol. The van der Waals surface area contributed by atoms with Crippen LogP contribution in [-0.4, -0.2) is 65.7 Å². The van der Waals surface area contributed by atoms with E-state index in [0.717, 1.165) is 45.2 Å². The molecule has 2 heterocycles. The molecule has 1 aromatic carbocycles. The smallest absolute Gasteiger partial charge is 0.268 e. The van der Waals surface area contributed by atoms with E-state index in [1.807, 2.05) is 18.2 Å². The lowest BCUT2D eigenvalue weighted by atomic mass is 9.89. The number of anilines is 1. The fourth-order valence-corrected chi connectivity index (χ4v) is 4.83. The van der Waals surface area contributed by atoms with Gasteiger partial charge in [0.25, 0.3) is 5.91 Å². The van der Waals surface area contributed by atoms with Crippen LogP contribution in [0, 0.1) is 0 Å². The minimum absolute atomic E-state index is 0.00506. The average Bonchev–Trinajstić information content (AvgIpc) is 2.72. The highest BCUT2D eigenvalue weighted by Gasteiger charge is 2.34. The van der Waals surface area contributed by atoms with Crippen molar-refractivity contribution >= 4 is 17.5 Å². The van der Waals surface area contributed by atoms with Crippen LogP contribution in [0.2, 0.25) is 0 Å². The fraction of sp³-hybridized carbons (Fsp3) is 0.636. The van der Waals surface area contributed by atoms with Gasteiger partial charge >= 0.3 is 0 Å². The van der Waals surface area contributed by atoms with Crippen LogP contribution >= 0.6 is 0 Å². The van der Waals surface area contributed by atoms with Crippen LogP contribution < -0.4 is 15.0 Å². The predicted octanol–water partition coefficient (Wildman–Crippen LogP) is 1.68. The largest absolute Gasteiger partial charge is 0.479 e. The van der Waals surface area contributed by atoms with Crippen molar-refractivity contribution in [3.63, 3.8) is 0 Å². The second kappa shape index (κ2) is 8.71. The standard InChI is InChI=1S/C22H31N3O4/c1-15-22(28)25(18-7-3-5-9-20(18)29-15)14-21(27)23-16-10-12-24(13-11-16)17-6-2-4-8-19(17)26/h3,5,7,9,15-17,19,26H,2,4,6,8,10-14H2,1H3,(H,23,27)/t15-,17-,19-/m0/s1. The second-order valence-corrected chi connectivity index (χ2v) is 8.45. The minimum Gasteiger partial charge on any atom is -0.479 e. The summed E-state index contributed by atoms with van der Waals surface area (Å²) in [5, 5.41) is 13.4. The summed E-state index contributed by atoms with van der Waals surface area (Å²) in [5.74, 6) is 0.296. The van der Waals surface area contributed by atoms with Crippen LogP contribution in [0.15, 0.2) is 24.3 Å². The van der Waals surface area contributed by atoms with Gasteiger partial charge < -0.3 is 15.2 Å². The molecule has 2 amide bonds. The maximum Gasteiger partial charge on any atom is 0.268 e. The summed E-state index contributed by atoms with van der Waals surface area (Å²) in [5.41, 5.74) is 0.645. The molecule has 3 aliphatic rings. The number of fused-ring (bicyclic) bond motifs is 1. The molecule has 0 unspecified atom stereocenters. The number of para-hydroxylation sites is 2. The van der Waals surface area contributed by atoms with Gasteiger partial charge in [-0.05, 0) is 44.7 Å². The van der Waals surface area contributed by atoms with E-state index >= 15 is 0 Å². The molecule has 2 aliphatic heterocycles. The third-order valence-electron chi connectivity index (χ3n) is 6.43.